The number of likely N-dealkylation sites (tertiary alicyclic amines) is 1. The van der Waals surface area contributed by atoms with Crippen molar-refractivity contribution < 1.29 is 14.3 Å². The lowest BCUT2D eigenvalue weighted by atomic mass is 9.79. The van der Waals surface area contributed by atoms with Crippen molar-refractivity contribution in [2.24, 2.45) is 5.92 Å². The molecule has 21 heavy (non-hydrogen) atoms. The molecular formula is C16H22N2O3. The summed E-state index contributed by atoms with van der Waals surface area (Å²) in [5, 5.41) is 0. The average molecular weight is 290 g/mol. The molecule has 0 bridgehead atoms. The summed E-state index contributed by atoms with van der Waals surface area (Å²) < 4.78 is 11.1. The zero-order chi connectivity index (χ0) is 14.9. The molecule has 1 atom stereocenters. The van der Waals surface area contributed by atoms with Gasteiger partial charge in [-0.2, -0.15) is 0 Å². The second kappa shape index (κ2) is 5.73. The number of aromatic nitrogens is 1. The molecule has 2 saturated heterocycles. The zero-order valence-electron chi connectivity index (χ0n) is 12.7. The molecule has 0 N–H and O–H groups in total. The number of hydrogen-bond acceptors (Lipinski definition) is 4. The summed E-state index contributed by atoms with van der Waals surface area (Å²) in [7, 11) is 1.72. The minimum Gasteiger partial charge on any atom is -0.385 e. The van der Waals surface area contributed by atoms with Gasteiger partial charge in [-0.05, 0) is 37.8 Å². The lowest BCUT2D eigenvalue weighted by Crippen LogP contribution is -2.66. The summed E-state index contributed by atoms with van der Waals surface area (Å²) in [5.41, 5.74) is 1.25. The Bertz CT molecular complexity index is 526. The molecule has 2 aliphatic heterocycles. The molecule has 1 amide bonds. The molecular weight excluding hydrogens is 268 g/mol. The van der Waals surface area contributed by atoms with Crippen LogP contribution in [0.1, 0.15) is 29.0 Å². The van der Waals surface area contributed by atoms with Crippen molar-refractivity contribution in [3.05, 3.63) is 29.6 Å². The van der Waals surface area contributed by atoms with E-state index in [4.69, 9.17) is 9.47 Å². The van der Waals surface area contributed by atoms with Crippen LogP contribution in [0.25, 0.3) is 0 Å². The van der Waals surface area contributed by atoms with E-state index in [1.165, 1.54) is 0 Å². The first-order valence-corrected chi connectivity index (χ1v) is 7.50. The molecule has 3 heterocycles. The Morgan fingerprint density at radius 1 is 1.52 bits per heavy atom. The first-order valence-electron chi connectivity index (χ1n) is 7.50. The Labute approximate surface area is 125 Å². The number of nitrogens with zero attached hydrogens (tertiary/aromatic N) is 2. The van der Waals surface area contributed by atoms with Gasteiger partial charge < -0.3 is 14.4 Å². The smallest absolute Gasteiger partial charge is 0.272 e. The first kappa shape index (κ1) is 14.5. The molecule has 5 nitrogen and oxygen atoms in total. The monoisotopic (exact) mass is 290 g/mol. The number of aryl methyl sites for hydroxylation is 1. The van der Waals surface area contributed by atoms with Crippen molar-refractivity contribution in [3.8, 4) is 0 Å². The Hall–Kier alpha value is -1.46. The van der Waals surface area contributed by atoms with Crippen LogP contribution in [0.2, 0.25) is 0 Å². The van der Waals surface area contributed by atoms with E-state index in [9.17, 15) is 4.79 Å². The van der Waals surface area contributed by atoms with Gasteiger partial charge in [-0.15, -0.1) is 0 Å². The van der Waals surface area contributed by atoms with Gasteiger partial charge >= 0.3 is 0 Å². The lowest BCUT2D eigenvalue weighted by molar-refractivity contribution is -0.120. The Morgan fingerprint density at radius 3 is 3.05 bits per heavy atom. The summed E-state index contributed by atoms with van der Waals surface area (Å²) in [4.78, 5) is 18.6. The van der Waals surface area contributed by atoms with Crippen LogP contribution < -0.4 is 0 Å². The highest BCUT2D eigenvalue weighted by Crippen LogP contribution is 2.42. The molecule has 0 radical (unpaired) electrons. The normalized spacial score (nSPS) is 23.3. The minimum absolute atomic E-state index is 0.00492. The highest BCUT2D eigenvalue weighted by atomic mass is 16.5. The maximum absolute atomic E-state index is 12.4. The largest absolute Gasteiger partial charge is 0.385 e. The van der Waals surface area contributed by atoms with Gasteiger partial charge in [0.25, 0.3) is 5.91 Å². The van der Waals surface area contributed by atoms with Crippen LogP contribution in [-0.2, 0) is 9.47 Å². The van der Waals surface area contributed by atoms with Crippen LogP contribution in [-0.4, -0.2) is 54.8 Å². The number of methoxy groups -OCH3 is 1. The molecule has 0 aliphatic carbocycles. The van der Waals surface area contributed by atoms with Crippen LogP contribution >= 0.6 is 0 Å². The summed E-state index contributed by atoms with van der Waals surface area (Å²) in [6, 6.07) is 5.55. The number of rotatable bonds is 4. The maximum atomic E-state index is 12.4. The molecule has 1 aromatic heterocycles. The molecule has 3 rings (SSSR count). The molecule has 0 aromatic carbocycles. The molecule has 1 unspecified atom stereocenters. The molecule has 114 valence electrons. The van der Waals surface area contributed by atoms with E-state index in [0.29, 0.717) is 24.7 Å². The fourth-order valence-electron chi connectivity index (χ4n) is 3.37. The van der Waals surface area contributed by atoms with E-state index in [1.807, 2.05) is 24.0 Å². The highest BCUT2D eigenvalue weighted by molar-refractivity contribution is 5.93. The topological polar surface area (TPSA) is 51.7 Å². The van der Waals surface area contributed by atoms with Crippen LogP contribution in [0.5, 0.6) is 0 Å². The standard InChI is InChI=1S/C16H22N2O3/c1-12-4-3-5-14(17-12)15(19)18-10-16(11-18)13(6-8-20-2)7-9-21-16/h3-5,13H,6-11H2,1-2H3. The molecule has 1 spiro atoms. The van der Waals surface area contributed by atoms with E-state index in [1.54, 1.807) is 13.2 Å². The number of amides is 1. The van der Waals surface area contributed by atoms with E-state index in [-0.39, 0.29) is 11.5 Å². The van der Waals surface area contributed by atoms with Gasteiger partial charge in [0.2, 0.25) is 0 Å². The third kappa shape index (κ3) is 2.68. The van der Waals surface area contributed by atoms with Crippen molar-refractivity contribution in [2.75, 3.05) is 33.4 Å². The molecule has 2 aliphatic rings. The van der Waals surface area contributed by atoms with Crippen LogP contribution in [0, 0.1) is 12.8 Å². The summed E-state index contributed by atoms with van der Waals surface area (Å²) >= 11 is 0. The predicted octanol–water partition coefficient (Wildman–Crippen LogP) is 1.66. The average Bonchev–Trinajstić information content (AvgIpc) is 2.86. The Balaban J connectivity index is 1.63. The second-order valence-electron chi connectivity index (χ2n) is 6.01. The quantitative estimate of drug-likeness (QED) is 0.846. The van der Waals surface area contributed by atoms with Gasteiger partial charge in [0.05, 0.1) is 13.1 Å². The lowest BCUT2D eigenvalue weighted by Gasteiger charge is -2.50. The molecule has 5 heteroatoms. The number of pyridine rings is 1. The SMILES string of the molecule is COCCC1CCOC12CN(C(=O)c1cccc(C)n1)C2. The fourth-order valence-corrected chi connectivity index (χ4v) is 3.37. The van der Waals surface area contributed by atoms with Crippen molar-refractivity contribution >= 4 is 5.91 Å². The highest BCUT2D eigenvalue weighted by Gasteiger charge is 2.54. The first-order chi connectivity index (χ1) is 10.1. The van der Waals surface area contributed by atoms with Gasteiger partial charge in [-0.25, -0.2) is 4.98 Å². The fraction of sp³-hybridized carbons (Fsp3) is 0.625. The number of hydrogen-bond donors (Lipinski definition) is 0. The van der Waals surface area contributed by atoms with Gasteiger partial charge in [0.1, 0.15) is 11.3 Å². The predicted molar refractivity (Wildman–Crippen MR) is 78.2 cm³/mol. The van der Waals surface area contributed by atoms with E-state index < -0.39 is 0 Å². The summed E-state index contributed by atoms with van der Waals surface area (Å²) in [5.74, 6) is 0.497. The minimum atomic E-state index is -0.141. The van der Waals surface area contributed by atoms with Crippen molar-refractivity contribution in [1.82, 2.24) is 9.88 Å². The third-order valence-corrected chi connectivity index (χ3v) is 4.58. The van der Waals surface area contributed by atoms with Crippen LogP contribution in [0.15, 0.2) is 18.2 Å². The van der Waals surface area contributed by atoms with Gasteiger partial charge in [-0.1, -0.05) is 6.07 Å². The van der Waals surface area contributed by atoms with E-state index >= 15 is 0 Å². The van der Waals surface area contributed by atoms with Crippen molar-refractivity contribution in [3.63, 3.8) is 0 Å². The van der Waals surface area contributed by atoms with Gasteiger partial charge in [0.15, 0.2) is 0 Å². The third-order valence-electron chi connectivity index (χ3n) is 4.58. The number of carbonyl (C=O) groups excluding carboxylic acids is 1. The summed E-state index contributed by atoms with van der Waals surface area (Å²) in [6.45, 7) is 4.79. The Morgan fingerprint density at radius 2 is 2.33 bits per heavy atom. The van der Waals surface area contributed by atoms with Gasteiger partial charge in [0, 0.05) is 26.0 Å². The second-order valence-corrected chi connectivity index (χ2v) is 6.01. The molecule has 0 saturated carbocycles. The van der Waals surface area contributed by atoms with Crippen LogP contribution in [0.4, 0.5) is 0 Å². The Kier molecular flexibility index (Phi) is 3.95. The number of ether oxygens (including phenoxy) is 2. The zero-order valence-corrected chi connectivity index (χ0v) is 12.7. The maximum Gasteiger partial charge on any atom is 0.272 e. The van der Waals surface area contributed by atoms with Crippen molar-refractivity contribution in [1.29, 1.82) is 0 Å². The van der Waals surface area contributed by atoms with Crippen molar-refractivity contribution in [2.45, 2.75) is 25.4 Å². The number of carbonyl (C=O) groups is 1. The molecule has 1 aromatic rings. The van der Waals surface area contributed by atoms with Crippen LogP contribution in [0.3, 0.4) is 0 Å². The van der Waals surface area contributed by atoms with E-state index in [2.05, 4.69) is 4.98 Å². The molecule has 2 fully saturated rings. The summed E-state index contributed by atoms with van der Waals surface area (Å²) in [6.07, 6.45) is 2.06. The van der Waals surface area contributed by atoms with E-state index in [0.717, 1.165) is 31.7 Å². The van der Waals surface area contributed by atoms with Gasteiger partial charge in [-0.3, -0.25) is 4.79 Å².